The molecule has 0 aromatic carbocycles. The Balaban J connectivity index is 2.01. The minimum absolute atomic E-state index is 0.294. The van der Waals surface area contributed by atoms with Crippen LogP contribution in [0.15, 0.2) is 0 Å². The Bertz CT molecular complexity index is 230. The molecule has 16 heavy (non-hydrogen) atoms. The average Bonchev–Trinajstić information content (AvgIpc) is 2.63. The molecule has 0 aromatic rings. The first-order valence-electron chi connectivity index (χ1n) is 6.64. The molecule has 0 spiro atoms. The van der Waals surface area contributed by atoms with Gasteiger partial charge in [-0.3, -0.25) is 4.90 Å². The van der Waals surface area contributed by atoms with Crippen LogP contribution in [-0.4, -0.2) is 47.6 Å². The van der Waals surface area contributed by atoms with E-state index in [9.17, 15) is 0 Å². The summed E-state index contributed by atoms with van der Waals surface area (Å²) < 4.78 is 0. The van der Waals surface area contributed by atoms with Crippen molar-refractivity contribution in [3.63, 3.8) is 0 Å². The molecule has 2 aliphatic rings. The molecular weight excluding hydrogens is 216 g/mol. The largest absolute Gasteiger partial charge is 0.310 e. The molecule has 3 heteroatoms. The number of nitrogens with zero attached hydrogens (tertiary/aromatic N) is 1. The summed E-state index contributed by atoms with van der Waals surface area (Å²) in [6.07, 6.45) is 7.86. The lowest BCUT2D eigenvalue weighted by Crippen LogP contribution is -2.50. The average molecular weight is 242 g/mol. The van der Waals surface area contributed by atoms with E-state index in [1.807, 2.05) is 0 Å². The topological polar surface area (TPSA) is 15.3 Å². The highest BCUT2D eigenvalue weighted by atomic mass is 32.2. The number of hydrogen-bond acceptors (Lipinski definition) is 3. The fourth-order valence-electron chi connectivity index (χ4n) is 3.23. The highest BCUT2D eigenvalue weighted by Gasteiger charge is 2.35. The van der Waals surface area contributed by atoms with Crippen LogP contribution < -0.4 is 5.32 Å². The van der Waals surface area contributed by atoms with Gasteiger partial charge in [-0.2, -0.15) is 11.8 Å². The standard InChI is InChI=1S/C13H26N2S/c1-13(2)10-15(9-5-8-14-13)11-6-4-7-12(11)16-3/h11-12,14H,4-10H2,1-3H3. The van der Waals surface area contributed by atoms with Gasteiger partial charge in [-0.1, -0.05) is 6.42 Å². The molecule has 1 N–H and O–H groups in total. The molecule has 1 saturated heterocycles. The zero-order valence-corrected chi connectivity index (χ0v) is 11.8. The number of thioether (sulfide) groups is 1. The molecule has 2 atom stereocenters. The van der Waals surface area contributed by atoms with E-state index < -0.39 is 0 Å². The van der Waals surface area contributed by atoms with Gasteiger partial charge in [0, 0.05) is 23.4 Å². The summed E-state index contributed by atoms with van der Waals surface area (Å²) in [5.41, 5.74) is 0.294. The maximum Gasteiger partial charge on any atom is 0.0252 e. The van der Waals surface area contributed by atoms with Crippen LogP contribution in [0.5, 0.6) is 0 Å². The van der Waals surface area contributed by atoms with E-state index in [0.29, 0.717) is 5.54 Å². The number of rotatable bonds is 2. The van der Waals surface area contributed by atoms with E-state index >= 15 is 0 Å². The summed E-state index contributed by atoms with van der Waals surface area (Å²) in [5, 5.41) is 4.54. The third-order valence-electron chi connectivity index (χ3n) is 4.01. The minimum atomic E-state index is 0.294. The molecular formula is C13H26N2S. The van der Waals surface area contributed by atoms with Crippen molar-refractivity contribution in [2.24, 2.45) is 0 Å². The van der Waals surface area contributed by atoms with Crippen LogP contribution in [0.1, 0.15) is 39.5 Å². The molecule has 2 unspecified atom stereocenters. The molecule has 2 fully saturated rings. The summed E-state index contributed by atoms with van der Waals surface area (Å²) in [7, 11) is 0. The monoisotopic (exact) mass is 242 g/mol. The molecule has 1 aliphatic heterocycles. The van der Waals surface area contributed by atoms with Gasteiger partial charge in [0.25, 0.3) is 0 Å². The smallest absolute Gasteiger partial charge is 0.0252 e. The Labute approximate surface area is 105 Å². The van der Waals surface area contributed by atoms with E-state index in [0.717, 1.165) is 11.3 Å². The molecule has 2 nitrogen and oxygen atoms in total. The first-order valence-corrected chi connectivity index (χ1v) is 7.93. The van der Waals surface area contributed by atoms with Gasteiger partial charge < -0.3 is 5.32 Å². The first kappa shape index (κ1) is 12.7. The molecule has 1 aliphatic carbocycles. The second-order valence-corrected chi connectivity index (χ2v) is 6.98. The van der Waals surface area contributed by atoms with Crippen LogP contribution in [-0.2, 0) is 0 Å². The van der Waals surface area contributed by atoms with E-state index in [1.165, 1.54) is 45.3 Å². The van der Waals surface area contributed by atoms with Crippen molar-refractivity contribution < 1.29 is 0 Å². The minimum Gasteiger partial charge on any atom is -0.310 e. The third kappa shape index (κ3) is 2.93. The van der Waals surface area contributed by atoms with Gasteiger partial charge in [0.15, 0.2) is 0 Å². The van der Waals surface area contributed by atoms with Crippen LogP contribution in [0.4, 0.5) is 0 Å². The maximum atomic E-state index is 3.66. The molecule has 1 saturated carbocycles. The van der Waals surface area contributed by atoms with Gasteiger partial charge in [0.2, 0.25) is 0 Å². The molecule has 1 heterocycles. The second-order valence-electron chi connectivity index (χ2n) is 5.91. The molecule has 94 valence electrons. The molecule has 0 amide bonds. The highest BCUT2D eigenvalue weighted by Crippen LogP contribution is 2.33. The Morgan fingerprint density at radius 3 is 2.81 bits per heavy atom. The van der Waals surface area contributed by atoms with Gasteiger partial charge in [0.1, 0.15) is 0 Å². The maximum absolute atomic E-state index is 3.66. The number of hydrogen-bond donors (Lipinski definition) is 1. The Morgan fingerprint density at radius 2 is 2.06 bits per heavy atom. The lowest BCUT2D eigenvalue weighted by molar-refractivity contribution is 0.174. The van der Waals surface area contributed by atoms with Gasteiger partial charge >= 0.3 is 0 Å². The SMILES string of the molecule is CSC1CCCC1N1CCCNC(C)(C)C1. The Kier molecular flexibility index (Phi) is 4.20. The Hall–Kier alpha value is 0.270. The fourth-order valence-corrected chi connectivity index (χ4v) is 4.26. The van der Waals surface area contributed by atoms with Crippen molar-refractivity contribution in [2.45, 2.75) is 56.4 Å². The summed E-state index contributed by atoms with van der Waals surface area (Å²) >= 11 is 2.08. The quantitative estimate of drug-likeness (QED) is 0.800. The van der Waals surface area contributed by atoms with Crippen molar-refractivity contribution in [1.82, 2.24) is 10.2 Å². The fraction of sp³-hybridized carbons (Fsp3) is 1.00. The zero-order chi connectivity index (χ0) is 11.6. The van der Waals surface area contributed by atoms with Gasteiger partial charge in [0.05, 0.1) is 0 Å². The molecule has 0 aromatic heterocycles. The Morgan fingerprint density at radius 1 is 1.25 bits per heavy atom. The van der Waals surface area contributed by atoms with Gasteiger partial charge in [-0.25, -0.2) is 0 Å². The zero-order valence-electron chi connectivity index (χ0n) is 11.0. The summed E-state index contributed by atoms with van der Waals surface area (Å²) in [6.45, 7) is 8.37. The van der Waals surface area contributed by atoms with E-state index in [4.69, 9.17) is 0 Å². The highest BCUT2D eigenvalue weighted by molar-refractivity contribution is 7.99. The van der Waals surface area contributed by atoms with Crippen LogP contribution in [0, 0.1) is 0 Å². The van der Waals surface area contributed by atoms with Crippen LogP contribution in [0.25, 0.3) is 0 Å². The lowest BCUT2D eigenvalue weighted by atomic mass is 10.0. The van der Waals surface area contributed by atoms with E-state index in [-0.39, 0.29) is 0 Å². The van der Waals surface area contributed by atoms with Crippen molar-refractivity contribution >= 4 is 11.8 Å². The van der Waals surface area contributed by atoms with E-state index in [2.05, 4.69) is 42.1 Å². The summed E-state index contributed by atoms with van der Waals surface area (Å²) in [4.78, 5) is 2.76. The summed E-state index contributed by atoms with van der Waals surface area (Å²) in [6, 6.07) is 0.842. The molecule has 2 rings (SSSR count). The predicted octanol–water partition coefficient (Wildman–Crippen LogP) is 2.34. The van der Waals surface area contributed by atoms with Crippen molar-refractivity contribution in [2.75, 3.05) is 25.9 Å². The predicted molar refractivity (Wildman–Crippen MR) is 73.2 cm³/mol. The van der Waals surface area contributed by atoms with Crippen LogP contribution in [0.2, 0.25) is 0 Å². The third-order valence-corrected chi connectivity index (χ3v) is 5.17. The van der Waals surface area contributed by atoms with Crippen LogP contribution in [0.3, 0.4) is 0 Å². The van der Waals surface area contributed by atoms with Gasteiger partial charge in [-0.15, -0.1) is 0 Å². The normalized spacial score (nSPS) is 36.2. The van der Waals surface area contributed by atoms with Crippen molar-refractivity contribution in [3.05, 3.63) is 0 Å². The van der Waals surface area contributed by atoms with E-state index in [1.54, 1.807) is 0 Å². The van der Waals surface area contributed by atoms with Crippen LogP contribution >= 0.6 is 11.8 Å². The van der Waals surface area contributed by atoms with Crippen molar-refractivity contribution in [1.29, 1.82) is 0 Å². The lowest BCUT2D eigenvalue weighted by Gasteiger charge is -2.36. The first-order chi connectivity index (χ1) is 7.62. The number of nitrogens with one attached hydrogen (secondary N) is 1. The van der Waals surface area contributed by atoms with Crippen molar-refractivity contribution in [3.8, 4) is 0 Å². The summed E-state index contributed by atoms with van der Waals surface area (Å²) in [5.74, 6) is 0. The van der Waals surface area contributed by atoms with Gasteiger partial charge in [-0.05, 0) is 52.5 Å². The molecule has 0 radical (unpaired) electrons. The molecule has 0 bridgehead atoms. The second kappa shape index (κ2) is 5.28.